The van der Waals surface area contributed by atoms with E-state index in [4.69, 9.17) is 0 Å². The summed E-state index contributed by atoms with van der Waals surface area (Å²) in [6.07, 6.45) is 1.86. The van der Waals surface area contributed by atoms with Crippen LogP contribution in [0, 0.1) is 0 Å². The summed E-state index contributed by atoms with van der Waals surface area (Å²) in [5, 5.41) is 8.70. The Labute approximate surface area is 190 Å². The number of urea groups is 1. The van der Waals surface area contributed by atoms with Crippen LogP contribution in [0.3, 0.4) is 0 Å². The van der Waals surface area contributed by atoms with E-state index in [-0.39, 0.29) is 5.91 Å². The van der Waals surface area contributed by atoms with E-state index < -0.39 is 17.5 Å². The number of nitrogens with one attached hydrogen (secondary N) is 3. The Bertz CT molecular complexity index is 1390. The summed E-state index contributed by atoms with van der Waals surface area (Å²) >= 11 is 0. The second-order valence-corrected chi connectivity index (χ2v) is 8.24. The number of benzene rings is 3. The lowest BCUT2D eigenvalue weighted by molar-refractivity contribution is -0.123. The van der Waals surface area contributed by atoms with E-state index >= 15 is 0 Å². The van der Waals surface area contributed by atoms with Crippen molar-refractivity contribution in [2.75, 3.05) is 5.32 Å². The van der Waals surface area contributed by atoms with Gasteiger partial charge in [0.1, 0.15) is 5.54 Å². The number of nitrogens with zero attached hydrogens (tertiary/aromatic N) is 1. The maximum absolute atomic E-state index is 13.2. The van der Waals surface area contributed by atoms with Gasteiger partial charge in [-0.15, -0.1) is 0 Å². The second-order valence-electron chi connectivity index (χ2n) is 8.24. The highest BCUT2D eigenvalue weighted by Gasteiger charge is 2.43. The SMILES string of the molecule is CC1(c2cccc(NC(=O)c3cn(Cc4ccccc4)c4ccccc34)c2)NC(=O)NC1=O. The van der Waals surface area contributed by atoms with Gasteiger partial charge in [-0.25, -0.2) is 4.79 Å². The largest absolute Gasteiger partial charge is 0.342 e. The number of carbonyl (C=O) groups excluding carboxylic acids is 3. The second kappa shape index (κ2) is 7.94. The van der Waals surface area contributed by atoms with Gasteiger partial charge in [-0.1, -0.05) is 60.7 Å². The van der Waals surface area contributed by atoms with Crippen molar-refractivity contribution in [1.82, 2.24) is 15.2 Å². The molecule has 1 saturated heterocycles. The normalized spacial score (nSPS) is 17.6. The van der Waals surface area contributed by atoms with Gasteiger partial charge in [-0.2, -0.15) is 0 Å². The Kier molecular flexibility index (Phi) is 4.94. The number of aromatic nitrogens is 1. The first kappa shape index (κ1) is 20.5. The molecule has 1 aliphatic rings. The van der Waals surface area contributed by atoms with Gasteiger partial charge in [-0.05, 0) is 36.2 Å². The lowest BCUT2D eigenvalue weighted by Crippen LogP contribution is -2.40. The minimum absolute atomic E-state index is 0.250. The summed E-state index contributed by atoms with van der Waals surface area (Å²) in [5.41, 5.74) is 2.60. The molecular formula is C26H22N4O3. The van der Waals surface area contributed by atoms with Crippen molar-refractivity contribution < 1.29 is 14.4 Å². The van der Waals surface area contributed by atoms with Crippen LogP contribution >= 0.6 is 0 Å². The minimum Gasteiger partial charge on any atom is -0.342 e. The molecule has 1 unspecified atom stereocenters. The molecule has 3 aromatic carbocycles. The predicted octanol–water partition coefficient (Wildman–Crippen LogP) is 4.00. The van der Waals surface area contributed by atoms with Crippen molar-refractivity contribution in [2.24, 2.45) is 0 Å². The lowest BCUT2D eigenvalue weighted by Gasteiger charge is -2.21. The molecule has 7 nitrogen and oxygen atoms in total. The number of carbonyl (C=O) groups is 3. The molecule has 1 fully saturated rings. The molecule has 0 bridgehead atoms. The van der Waals surface area contributed by atoms with E-state index in [1.54, 1.807) is 31.2 Å². The maximum atomic E-state index is 13.2. The molecule has 1 aliphatic heterocycles. The van der Waals surface area contributed by atoms with Crippen molar-refractivity contribution in [3.63, 3.8) is 0 Å². The summed E-state index contributed by atoms with van der Waals surface area (Å²) in [5.74, 6) is -0.680. The van der Waals surface area contributed by atoms with Crippen LogP contribution in [0.15, 0.2) is 85.1 Å². The van der Waals surface area contributed by atoms with Gasteiger partial charge in [-0.3, -0.25) is 14.9 Å². The zero-order chi connectivity index (χ0) is 23.0. The van der Waals surface area contributed by atoms with Crippen LogP contribution < -0.4 is 16.0 Å². The molecule has 1 atom stereocenters. The van der Waals surface area contributed by atoms with Crippen LogP contribution in [0.5, 0.6) is 0 Å². The quantitative estimate of drug-likeness (QED) is 0.411. The Balaban J connectivity index is 1.45. The topological polar surface area (TPSA) is 92.2 Å². The monoisotopic (exact) mass is 438 g/mol. The molecule has 0 saturated carbocycles. The smallest absolute Gasteiger partial charge is 0.322 e. The fourth-order valence-corrected chi connectivity index (χ4v) is 4.19. The van der Waals surface area contributed by atoms with Gasteiger partial charge in [0.05, 0.1) is 5.56 Å². The molecule has 5 rings (SSSR count). The van der Waals surface area contributed by atoms with E-state index in [1.807, 2.05) is 48.7 Å². The molecule has 3 N–H and O–H groups in total. The van der Waals surface area contributed by atoms with E-state index in [9.17, 15) is 14.4 Å². The Morgan fingerprint density at radius 3 is 2.48 bits per heavy atom. The van der Waals surface area contributed by atoms with Gasteiger partial charge >= 0.3 is 6.03 Å². The highest BCUT2D eigenvalue weighted by atomic mass is 16.2. The summed E-state index contributed by atoms with van der Waals surface area (Å²) in [6.45, 7) is 2.28. The third kappa shape index (κ3) is 3.74. The number of para-hydroxylation sites is 1. The van der Waals surface area contributed by atoms with E-state index in [1.165, 1.54) is 0 Å². The summed E-state index contributed by atoms with van der Waals surface area (Å²) in [7, 11) is 0. The van der Waals surface area contributed by atoms with Gasteiger partial charge in [0, 0.05) is 29.3 Å². The molecule has 2 heterocycles. The number of hydrogen-bond acceptors (Lipinski definition) is 3. The zero-order valence-corrected chi connectivity index (χ0v) is 18.0. The van der Waals surface area contributed by atoms with Crippen LogP contribution in [-0.4, -0.2) is 22.4 Å². The van der Waals surface area contributed by atoms with E-state index in [0.717, 1.165) is 16.5 Å². The van der Waals surface area contributed by atoms with Gasteiger partial charge in [0.25, 0.3) is 11.8 Å². The van der Waals surface area contributed by atoms with Crippen LogP contribution in [-0.2, 0) is 16.9 Å². The number of amides is 4. The molecule has 4 amide bonds. The molecular weight excluding hydrogens is 416 g/mol. The number of fused-ring (bicyclic) bond motifs is 1. The number of anilines is 1. The maximum Gasteiger partial charge on any atom is 0.322 e. The average Bonchev–Trinajstić information content (AvgIpc) is 3.31. The third-order valence-electron chi connectivity index (χ3n) is 5.97. The lowest BCUT2D eigenvalue weighted by atomic mass is 9.92. The summed E-state index contributed by atoms with van der Waals surface area (Å²) < 4.78 is 2.06. The predicted molar refractivity (Wildman–Crippen MR) is 126 cm³/mol. The molecule has 4 aromatic rings. The Hall–Kier alpha value is -4.39. The summed E-state index contributed by atoms with van der Waals surface area (Å²) in [4.78, 5) is 37.2. The molecule has 0 spiro atoms. The fourth-order valence-electron chi connectivity index (χ4n) is 4.19. The summed E-state index contributed by atoms with van der Waals surface area (Å²) in [6, 6.07) is 24.3. The fraction of sp³-hybridized carbons (Fsp3) is 0.115. The van der Waals surface area contributed by atoms with E-state index in [2.05, 4.69) is 32.7 Å². The molecule has 7 heteroatoms. The number of imide groups is 1. The first-order valence-corrected chi connectivity index (χ1v) is 10.6. The van der Waals surface area contributed by atoms with Crippen LogP contribution in [0.1, 0.15) is 28.4 Å². The highest BCUT2D eigenvalue weighted by molar-refractivity contribution is 6.13. The molecule has 33 heavy (non-hydrogen) atoms. The first-order chi connectivity index (χ1) is 15.9. The van der Waals surface area contributed by atoms with Crippen molar-refractivity contribution in [2.45, 2.75) is 19.0 Å². The standard InChI is InChI=1S/C26H22N4O3/c1-26(24(32)28-25(33)29-26)18-10-7-11-19(14-18)27-23(31)21-16-30(15-17-8-3-2-4-9-17)22-13-6-5-12-20(21)22/h2-14,16H,15H2,1H3,(H,27,31)(H2,28,29,32,33). The third-order valence-corrected chi connectivity index (χ3v) is 5.97. The first-order valence-electron chi connectivity index (χ1n) is 10.6. The average molecular weight is 438 g/mol. The van der Waals surface area contributed by atoms with Gasteiger partial charge < -0.3 is 15.2 Å². The zero-order valence-electron chi connectivity index (χ0n) is 18.0. The van der Waals surface area contributed by atoms with Crippen LogP contribution in [0.4, 0.5) is 10.5 Å². The number of rotatable bonds is 5. The Morgan fingerprint density at radius 2 is 1.73 bits per heavy atom. The van der Waals surface area contributed by atoms with Gasteiger partial charge in [0.15, 0.2) is 0 Å². The van der Waals surface area contributed by atoms with Gasteiger partial charge in [0.2, 0.25) is 0 Å². The van der Waals surface area contributed by atoms with Crippen molar-refractivity contribution in [1.29, 1.82) is 0 Å². The highest BCUT2D eigenvalue weighted by Crippen LogP contribution is 2.28. The molecule has 164 valence electrons. The van der Waals surface area contributed by atoms with Crippen molar-refractivity contribution in [3.8, 4) is 0 Å². The van der Waals surface area contributed by atoms with Crippen LogP contribution in [0.25, 0.3) is 10.9 Å². The van der Waals surface area contributed by atoms with Crippen molar-refractivity contribution in [3.05, 3.63) is 102 Å². The number of hydrogen-bond donors (Lipinski definition) is 3. The van der Waals surface area contributed by atoms with Crippen LogP contribution in [0.2, 0.25) is 0 Å². The minimum atomic E-state index is -1.19. The molecule has 0 aliphatic carbocycles. The Morgan fingerprint density at radius 1 is 0.970 bits per heavy atom. The van der Waals surface area contributed by atoms with Crippen molar-refractivity contribution >= 4 is 34.4 Å². The molecule has 0 radical (unpaired) electrons. The van der Waals surface area contributed by atoms with E-state index in [0.29, 0.717) is 23.4 Å². The molecule has 1 aromatic heterocycles.